The molecule has 1 aliphatic heterocycles. The lowest BCUT2D eigenvalue weighted by Crippen LogP contribution is -2.47. The zero-order valence-corrected chi connectivity index (χ0v) is 13.1. The molecule has 2 heterocycles. The number of nitrogens with zero attached hydrogens (tertiary/aromatic N) is 3. The van der Waals surface area contributed by atoms with Crippen molar-refractivity contribution in [3.63, 3.8) is 0 Å². The second-order valence-corrected chi connectivity index (χ2v) is 5.93. The summed E-state index contributed by atoms with van der Waals surface area (Å²) in [6.07, 6.45) is 2.79. The molecule has 2 aromatic rings. The summed E-state index contributed by atoms with van der Waals surface area (Å²) in [5, 5.41) is 0.529. The van der Waals surface area contributed by atoms with Crippen molar-refractivity contribution in [3.8, 4) is 0 Å². The largest absolute Gasteiger partial charge is 0.368 e. The Morgan fingerprint density at radius 2 is 1.73 bits per heavy atom. The lowest BCUT2D eigenvalue weighted by atomic mass is 10.1. The molecule has 116 valence electrons. The summed E-state index contributed by atoms with van der Waals surface area (Å²) in [4.78, 5) is 8.91. The molecule has 0 unspecified atom stereocenters. The summed E-state index contributed by atoms with van der Waals surface area (Å²) >= 11 is 5.82. The van der Waals surface area contributed by atoms with Crippen LogP contribution >= 0.6 is 11.6 Å². The number of hydrogen-bond acceptors (Lipinski definition) is 3. The molecule has 1 aliphatic rings. The Labute approximate surface area is 135 Å². The van der Waals surface area contributed by atoms with Crippen LogP contribution in [0.15, 0.2) is 42.6 Å². The van der Waals surface area contributed by atoms with Crippen LogP contribution in [0.2, 0.25) is 5.15 Å². The number of piperazine rings is 1. The van der Waals surface area contributed by atoms with Gasteiger partial charge in [-0.3, -0.25) is 4.90 Å². The second kappa shape index (κ2) is 7.07. The third kappa shape index (κ3) is 3.96. The zero-order valence-electron chi connectivity index (χ0n) is 12.4. The molecule has 0 spiro atoms. The monoisotopic (exact) mass is 319 g/mol. The fourth-order valence-electron chi connectivity index (χ4n) is 2.72. The molecule has 1 aromatic heterocycles. The van der Waals surface area contributed by atoms with E-state index in [0.29, 0.717) is 5.15 Å². The van der Waals surface area contributed by atoms with E-state index in [1.165, 1.54) is 17.7 Å². The van der Waals surface area contributed by atoms with E-state index >= 15 is 0 Å². The maximum Gasteiger partial charge on any atom is 0.129 e. The van der Waals surface area contributed by atoms with Crippen LogP contribution < -0.4 is 4.90 Å². The predicted octanol–water partition coefficient (Wildman–Crippen LogP) is 3.24. The molecule has 3 nitrogen and oxygen atoms in total. The van der Waals surface area contributed by atoms with Crippen LogP contribution in [0.25, 0.3) is 0 Å². The first kappa shape index (κ1) is 15.3. The van der Waals surface area contributed by atoms with Gasteiger partial charge in [-0.15, -0.1) is 0 Å². The standard InChI is InChI=1S/C17H19ClFN3/c18-17-6-5-16(13-20-17)22-11-9-21(10-12-22)8-7-14-1-3-15(19)4-2-14/h1-6,13H,7-12H2. The summed E-state index contributed by atoms with van der Waals surface area (Å²) in [6.45, 7) is 5.06. The minimum atomic E-state index is -0.172. The molecule has 0 N–H and O–H groups in total. The van der Waals surface area contributed by atoms with Gasteiger partial charge in [-0.05, 0) is 36.2 Å². The lowest BCUT2D eigenvalue weighted by Gasteiger charge is -2.36. The molecule has 3 rings (SSSR count). The topological polar surface area (TPSA) is 19.4 Å². The van der Waals surface area contributed by atoms with E-state index in [4.69, 9.17) is 11.6 Å². The van der Waals surface area contributed by atoms with Crippen LogP contribution in [-0.4, -0.2) is 42.6 Å². The van der Waals surface area contributed by atoms with Gasteiger partial charge in [0, 0.05) is 32.7 Å². The highest BCUT2D eigenvalue weighted by Gasteiger charge is 2.17. The normalized spacial score (nSPS) is 16.0. The van der Waals surface area contributed by atoms with Crippen LogP contribution in [0.1, 0.15) is 5.56 Å². The Morgan fingerprint density at radius 3 is 2.36 bits per heavy atom. The van der Waals surface area contributed by atoms with Crippen LogP contribution in [0.3, 0.4) is 0 Å². The average molecular weight is 320 g/mol. The van der Waals surface area contributed by atoms with Gasteiger partial charge in [0.2, 0.25) is 0 Å². The van der Waals surface area contributed by atoms with Crippen LogP contribution in [0.4, 0.5) is 10.1 Å². The van der Waals surface area contributed by atoms with Crippen molar-refractivity contribution in [1.29, 1.82) is 0 Å². The average Bonchev–Trinajstić information content (AvgIpc) is 2.56. The fraction of sp³-hybridized carbons (Fsp3) is 0.353. The lowest BCUT2D eigenvalue weighted by molar-refractivity contribution is 0.261. The summed E-state index contributed by atoms with van der Waals surface area (Å²) in [5.41, 5.74) is 2.31. The first-order valence-corrected chi connectivity index (χ1v) is 7.92. The van der Waals surface area contributed by atoms with E-state index in [2.05, 4.69) is 14.8 Å². The van der Waals surface area contributed by atoms with E-state index in [0.717, 1.165) is 44.8 Å². The number of hydrogen-bond donors (Lipinski definition) is 0. The SMILES string of the molecule is Fc1ccc(CCN2CCN(c3ccc(Cl)nc3)CC2)cc1. The number of rotatable bonds is 4. The van der Waals surface area contributed by atoms with Gasteiger partial charge in [0.05, 0.1) is 11.9 Å². The molecular weight excluding hydrogens is 301 g/mol. The Balaban J connectivity index is 1.47. The molecule has 0 aliphatic carbocycles. The molecule has 0 amide bonds. The fourth-order valence-corrected chi connectivity index (χ4v) is 2.83. The Morgan fingerprint density at radius 1 is 1.00 bits per heavy atom. The summed E-state index contributed by atoms with van der Waals surface area (Å²) < 4.78 is 12.9. The van der Waals surface area contributed by atoms with Gasteiger partial charge in [0.15, 0.2) is 0 Å². The predicted molar refractivity (Wildman–Crippen MR) is 88.0 cm³/mol. The number of aromatic nitrogens is 1. The Kier molecular flexibility index (Phi) is 4.90. The zero-order chi connectivity index (χ0) is 15.4. The van der Waals surface area contributed by atoms with Gasteiger partial charge in [-0.1, -0.05) is 23.7 Å². The molecular formula is C17H19ClFN3. The number of halogens is 2. The van der Waals surface area contributed by atoms with E-state index in [1.54, 1.807) is 0 Å². The van der Waals surface area contributed by atoms with Crippen molar-refractivity contribution in [2.24, 2.45) is 0 Å². The molecule has 1 fully saturated rings. The number of pyridine rings is 1. The van der Waals surface area contributed by atoms with E-state index in [9.17, 15) is 4.39 Å². The first-order chi connectivity index (χ1) is 10.7. The summed E-state index contributed by atoms with van der Waals surface area (Å²) in [6, 6.07) is 10.6. The number of anilines is 1. The van der Waals surface area contributed by atoms with Crippen LogP contribution in [-0.2, 0) is 6.42 Å². The quantitative estimate of drug-likeness (QED) is 0.807. The van der Waals surface area contributed by atoms with Gasteiger partial charge in [0.1, 0.15) is 11.0 Å². The number of benzene rings is 1. The Bertz CT molecular complexity index is 592. The van der Waals surface area contributed by atoms with Crippen LogP contribution in [0, 0.1) is 5.82 Å². The van der Waals surface area contributed by atoms with Gasteiger partial charge in [0.25, 0.3) is 0 Å². The van der Waals surface area contributed by atoms with Gasteiger partial charge >= 0.3 is 0 Å². The smallest absolute Gasteiger partial charge is 0.129 e. The highest BCUT2D eigenvalue weighted by Crippen LogP contribution is 2.17. The van der Waals surface area contributed by atoms with Crippen molar-refractivity contribution < 1.29 is 4.39 Å². The van der Waals surface area contributed by atoms with E-state index < -0.39 is 0 Å². The highest BCUT2D eigenvalue weighted by molar-refractivity contribution is 6.29. The molecule has 1 saturated heterocycles. The van der Waals surface area contributed by atoms with Crippen molar-refractivity contribution in [1.82, 2.24) is 9.88 Å². The third-order valence-corrected chi connectivity index (χ3v) is 4.30. The van der Waals surface area contributed by atoms with Crippen molar-refractivity contribution >= 4 is 17.3 Å². The molecule has 1 aromatic carbocycles. The molecule has 0 saturated carbocycles. The van der Waals surface area contributed by atoms with Crippen molar-refractivity contribution in [3.05, 3.63) is 59.1 Å². The summed E-state index contributed by atoms with van der Waals surface area (Å²) in [5.74, 6) is -0.172. The Hall–Kier alpha value is -1.65. The van der Waals surface area contributed by atoms with Gasteiger partial charge < -0.3 is 4.90 Å². The van der Waals surface area contributed by atoms with Crippen molar-refractivity contribution in [2.75, 3.05) is 37.6 Å². The highest BCUT2D eigenvalue weighted by atomic mass is 35.5. The second-order valence-electron chi connectivity index (χ2n) is 5.54. The maximum atomic E-state index is 12.9. The molecule has 0 radical (unpaired) electrons. The van der Waals surface area contributed by atoms with Crippen LogP contribution in [0.5, 0.6) is 0 Å². The minimum absolute atomic E-state index is 0.172. The molecule has 0 bridgehead atoms. The van der Waals surface area contributed by atoms with Crippen molar-refractivity contribution in [2.45, 2.75) is 6.42 Å². The van der Waals surface area contributed by atoms with E-state index in [-0.39, 0.29) is 5.82 Å². The van der Waals surface area contributed by atoms with Gasteiger partial charge in [-0.25, -0.2) is 9.37 Å². The maximum absolute atomic E-state index is 12.9. The summed E-state index contributed by atoms with van der Waals surface area (Å²) in [7, 11) is 0. The first-order valence-electron chi connectivity index (χ1n) is 7.54. The third-order valence-electron chi connectivity index (χ3n) is 4.08. The molecule has 0 atom stereocenters. The van der Waals surface area contributed by atoms with Gasteiger partial charge in [-0.2, -0.15) is 0 Å². The minimum Gasteiger partial charge on any atom is -0.368 e. The molecule has 22 heavy (non-hydrogen) atoms. The molecule has 5 heteroatoms. The van der Waals surface area contributed by atoms with E-state index in [1.807, 2.05) is 30.5 Å².